The maximum absolute atomic E-state index is 12.2. The quantitative estimate of drug-likeness (QED) is 0.865. The van der Waals surface area contributed by atoms with Gasteiger partial charge in [-0.25, -0.2) is 0 Å². The number of nitrogens with one attached hydrogen (secondary N) is 1. The van der Waals surface area contributed by atoms with E-state index in [-0.39, 0.29) is 17.4 Å². The van der Waals surface area contributed by atoms with Gasteiger partial charge >= 0.3 is 0 Å². The first kappa shape index (κ1) is 18.0. The fraction of sp³-hybridized carbons (Fsp3) is 0.588. The highest BCUT2D eigenvalue weighted by Gasteiger charge is 2.33. The molecule has 0 radical (unpaired) electrons. The van der Waals surface area contributed by atoms with E-state index in [2.05, 4.69) is 24.1 Å². The van der Waals surface area contributed by atoms with Crippen molar-refractivity contribution in [3.63, 3.8) is 0 Å². The molecule has 1 unspecified atom stereocenters. The molecule has 23 heavy (non-hydrogen) atoms. The van der Waals surface area contributed by atoms with Crippen molar-refractivity contribution in [2.75, 3.05) is 32.1 Å². The van der Waals surface area contributed by atoms with Gasteiger partial charge in [-0.1, -0.05) is 25.4 Å². The molecular weight excluding hydrogens is 314 g/mol. The Hall–Kier alpha value is -1.30. The summed E-state index contributed by atoms with van der Waals surface area (Å²) in [5.41, 5.74) is 6.84. The Morgan fingerprint density at radius 2 is 2.26 bits per heavy atom. The van der Waals surface area contributed by atoms with E-state index in [1.807, 2.05) is 0 Å². The lowest BCUT2D eigenvalue weighted by Crippen LogP contribution is -2.52. The molecule has 0 aliphatic carbocycles. The fourth-order valence-corrected chi connectivity index (χ4v) is 3.10. The zero-order chi connectivity index (χ0) is 17.0. The third kappa shape index (κ3) is 4.83. The number of anilines is 1. The predicted molar refractivity (Wildman–Crippen MR) is 94.1 cm³/mol. The molecule has 2 rings (SSSR count). The van der Waals surface area contributed by atoms with Gasteiger partial charge in [0.15, 0.2) is 0 Å². The van der Waals surface area contributed by atoms with Crippen molar-refractivity contribution in [1.29, 1.82) is 0 Å². The van der Waals surface area contributed by atoms with Crippen LogP contribution in [0.15, 0.2) is 18.2 Å². The second kappa shape index (κ2) is 7.51. The Labute approximate surface area is 143 Å². The van der Waals surface area contributed by atoms with Crippen molar-refractivity contribution in [2.45, 2.75) is 32.7 Å². The van der Waals surface area contributed by atoms with Crippen LogP contribution in [0.4, 0.5) is 5.69 Å². The molecule has 0 spiro atoms. The predicted octanol–water partition coefficient (Wildman–Crippen LogP) is 2.74. The lowest BCUT2D eigenvalue weighted by Gasteiger charge is -2.42. The van der Waals surface area contributed by atoms with Crippen LogP contribution in [0.5, 0.6) is 5.75 Å². The second-order valence-corrected chi connectivity index (χ2v) is 7.24. The van der Waals surface area contributed by atoms with Gasteiger partial charge < -0.3 is 20.7 Å². The summed E-state index contributed by atoms with van der Waals surface area (Å²) in [7, 11) is 1.57. The van der Waals surface area contributed by atoms with Gasteiger partial charge in [-0.2, -0.15) is 0 Å². The van der Waals surface area contributed by atoms with Crippen molar-refractivity contribution in [3.05, 3.63) is 23.2 Å². The summed E-state index contributed by atoms with van der Waals surface area (Å²) in [6, 6.07) is 5.39. The van der Waals surface area contributed by atoms with E-state index in [0.717, 1.165) is 26.1 Å². The number of hydrogen-bond donors (Lipinski definition) is 2. The van der Waals surface area contributed by atoms with Crippen molar-refractivity contribution < 1.29 is 9.53 Å². The van der Waals surface area contributed by atoms with E-state index < -0.39 is 0 Å². The Morgan fingerprint density at radius 3 is 2.91 bits per heavy atom. The van der Waals surface area contributed by atoms with Gasteiger partial charge in [-0.15, -0.1) is 0 Å². The van der Waals surface area contributed by atoms with Crippen molar-refractivity contribution >= 4 is 23.2 Å². The van der Waals surface area contributed by atoms with Crippen LogP contribution in [0.25, 0.3) is 0 Å². The lowest BCUT2D eigenvalue weighted by atomic mass is 9.80. The largest absolute Gasteiger partial charge is 0.495 e. The number of likely N-dealkylation sites (tertiary alicyclic amines) is 1. The number of hydrogen-bond acceptors (Lipinski definition) is 4. The maximum atomic E-state index is 12.2. The average molecular weight is 340 g/mol. The standard InChI is InChI=1S/C17H26ClN3O2/c1-17(2)11-21(8-6-15(17)19)9-7-16(22)20-13-10-12(18)4-5-14(13)23-3/h4-5,10,15H,6-9,11,19H2,1-3H3,(H,20,22). The zero-order valence-corrected chi connectivity index (χ0v) is 14.8. The Kier molecular flexibility index (Phi) is 5.89. The topological polar surface area (TPSA) is 67.6 Å². The smallest absolute Gasteiger partial charge is 0.225 e. The van der Waals surface area contributed by atoms with Gasteiger partial charge in [0, 0.05) is 30.6 Å². The molecule has 1 aliphatic heterocycles. The van der Waals surface area contributed by atoms with E-state index >= 15 is 0 Å². The molecule has 1 fully saturated rings. The normalized spacial score (nSPS) is 21.0. The van der Waals surface area contributed by atoms with E-state index in [4.69, 9.17) is 22.1 Å². The zero-order valence-electron chi connectivity index (χ0n) is 14.1. The van der Waals surface area contributed by atoms with Gasteiger partial charge in [-0.3, -0.25) is 4.79 Å². The van der Waals surface area contributed by atoms with Gasteiger partial charge in [0.25, 0.3) is 0 Å². The number of amides is 1. The van der Waals surface area contributed by atoms with Gasteiger partial charge in [0.1, 0.15) is 5.75 Å². The average Bonchev–Trinajstić information content (AvgIpc) is 2.48. The number of piperidine rings is 1. The molecule has 0 bridgehead atoms. The summed E-state index contributed by atoms with van der Waals surface area (Å²) in [6.07, 6.45) is 1.40. The first-order valence-electron chi connectivity index (χ1n) is 7.93. The highest BCUT2D eigenvalue weighted by atomic mass is 35.5. The minimum absolute atomic E-state index is 0.0433. The van der Waals surface area contributed by atoms with E-state index in [1.54, 1.807) is 25.3 Å². The Balaban J connectivity index is 1.87. The molecule has 128 valence electrons. The van der Waals surface area contributed by atoms with Gasteiger partial charge in [-0.05, 0) is 36.6 Å². The van der Waals surface area contributed by atoms with Gasteiger partial charge in [0.2, 0.25) is 5.91 Å². The van der Waals surface area contributed by atoms with Crippen LogP contribution in [-0.4, -0.2) is 43.6 Å². The molecule has 3 N–H and O–H groups in total. The minimum Gasteiger partial charge on any atom is -0.495 e. The number of benzene rings is 1. The number of ether oxygens (including phenoxy) is 1. The summed E-state index contributed by atoms with van der Waals surface area (Å²) in [4.78, 5) is 14.5. The highest BCUT2D eigenvalue weighted by Crippen LogP contribution is 2.29. The lowest BCUT2D eigenvalue weighted by molar-refractivity contribution is -0.116. The first-order valence-corrected chi connectivity index (χ1v) is 8.31. The molecule has 1 amide bonds. The summed E-state index contributed by atoms with van der Waals surface area (Å²) in [5, 5.41) is 3.43. The van der Waals surface area contributed by atoms with Crippen LogP contribution in [0.3, 0.4) is 0 Å². The number of nitrogens with two attached hydrogens (primary N) is 1. The van der Waals surface area contributed by atoms with Crippen molar-refractivity contribution in [1.82, 2.24) is 4.90 Å². The van der Waals surface area contributed by atoms with E-state index in [1.165, 1.54) is 0 Å². The molecule has 1 aromatic carbocycles. The fourth-order valence-electron chi connectivity index (χ4n) is 2.93. The van der Waals surface area contributed by atoms with Crippen LogP contribution in [0.1, 0.15) is 26.7 Å². The third-order valence-electron chi connectivity index (χ3n) is 4.48. The van der Waals surface area contributed by atoms with Crippen LogP contribution in [0, 0.1) is 5.41 Å². The number of carbonyl (C=O) groups is 1. The van der Waals surface area contributed by atoms with Crippen molar-refractivity contribution in [3.8, 4) is 5.75 Å². The summed E-state index contributed by atoms with van der Waals surface area (Å²) >= 11 is 5.97. The summed E-state index contributed by atoms with van der Waals surface area (Å²) in [5.74, 6) is 0.561. The molecule has 1 aliphatic rings. The Morgan fingerprint density at radius 1 is 1.52 bits per heavy atom. The molecule has 1 saturated heterocycles. The molecule has 0 aromatic heterocycles. The highest BCUT2D eigenvalue weighted by molar-refractivity contribution is 6.31. The number of carbonyl (C=O) groups excluding carboxylic acids is 1. The van der Waals surface area contributed by atoms with Crippen LogP contribution >= 0.6 is 11.6 Å². The molecule has 0 saturated carbocycles. The number of methoxy groups -OCH3 is 1. The van der Waals surface area contributed by atoms with Gasteiger partial charge in [0.05, 0.1) is 12.8 Å². The number of rotatable bonds is 5. The minimum atomic E-state index is -0.0433. The Bertz CT molecular complexity index is 563. The molecule has 1 heterocycles. The SMILES string of the molecule is COc1ccc(Cl)cc1NC(=O)CCN1CCC(N)C(C)(C)C1. The molecule has 6 heteroatoms. The van der Waals surface area contributed by atoms with E-state index in [9.17, 15) is 4.79 Å². The monoisotopic (exact) mass is 339 g/mol. The summed E-state index contributed by atoms with van der Waals surface area (Å²) < 4.78 is 5.24. The van der Waals surface area contributed by atoms with Crippen LogP contribution in [0.2, 0.25) is 5.02 Å². The molecular formula is C17H26ClN3O2. The van der Waals surface area contributed by atoms with Crippen LogP contribution < -0.4 is 15.8 Å². The molecule has 5 nitrogen and oxygen atoms in total. The number of nitrogens with zero attached hydrogens (tertiary/aromatic N) is 1. The second-order valence-electron chi connectivity index (χ2n) is 6.80. The third-order valence-corrected chi connectivity index (χ3v) is 4.72. The van der Waals surface area contributed by atoms with E-state index in [0.29, 0.717) is 22.9 Å². The van der Waals surface area contributed by atoms with Crippen LogP contribution in [-0.2, 0) is 4.79 Å². The molecule has 1 atom stereocenters. The number of halogens is 1. The van der Waals surface area contributed by atoms with Crippen molar-refractivity contribution in [2.24, 2.45) is 11.1 Å². The maximum Gasteiger partial charge on any atom is 0.225 e. The molecule has 1 aromatic rings. The summed E-state index contributed by atoms with van der Waals surface area (Å²) in [6.45, 7) is 6.95. The first-order chi connectivity index (χ1) is 10.8.